The summed E-state index contributed by atoms with van der Waals surface area (Å²) in [7, 11) is 0. The van der Waals surface area contributed by atoms with Crippen LogP contribution >= 0.6 is 0 Å². The summed E-state index contributed by atoms with van der Waals surface area (Å²) in [5.74, 6) is 0.114. The van der Waals surface area contributed by atoms with Gasteiger partial charge in [0.1, 0.15) is 5.76 Å². The van der Waals surface area contributed by atoms with Crippen LogP contribution in [0.3, 0.4) is 0 Å². The molecule has 262 valence electrons. The molecule has 0 aromatic carbocycles. The number of unbranched alkanes of at least 4 members (excludes halogenated alkanes) is 10. The third-order valence-electron chi connectivity index (χ3n) is 10.1. The number of aliphatic hydroxyl groups excluding tert-OH is 4. The lowest BCUT2D eigenvalue weighted by Gasteiger charge is -2.24. The van der Waals surface area contributed by atoms with Gasteiger partial charge in [0.2, 0.25) is 0 Å². The van der Waals surface area contributed by atoms with Crippen LogP contribution in [0, 0.1) is 5.92 Å². The van der Waals surface area contributed by atoms with Gasteiger partial charge in [-0.3, -0.25) is 4.79 Å². The Labute approximate surface area is 273 Å². The fraction of sp³-hybridized carbons (Fsp3) is 0.919. The molecule has 3 aliphatic rings. The zero-order valence-corrected chi connectivity index (χ0v) is 28.5. The average molecular weight is 639 g/mol. The van der Waals surface area contributed by atoms with Crippen LogP contribution in [0.15, 0.2) is 11.8 Å². The Morgan fingerprint density at radius 3 is 1.62 bits per heavy atom. The molecule has 2 fully saturated rings. The Morgan fingerprint density at radius 1 is 0.644 bits per heavy atom. The molecule has 0 amide bonds. The molecule has 0 bridgehead atoms. The molecule has 9 atom stereocenters. The second kappa shape index (κ2) is 21.8. The van der Waals surface area contributed by atoms with Gasteiger partial charge in [-0.1, -0.05) is 90.4 Å². The van der Waals surface area contributed by atoms with Crippen molar-refractivity contribution in [2.24, 2.45) is 5.92 Å². The third-order valence-corrected chi connectivity index (χ3v) is 10.1. The Kier molecular flexibility index (Phi) is 18.6. The summed E-state index contributed by atoms with van der Waals surface area (Å²) in [5, 5.41) is 42.0. The van der Waals surface area contributed by atoms with Crippen LogP contribution in [0.25, 0.3) is 0 Å². The van der Waals surface area contributed by atoms with Gasteiger partial charge in [0.15, 0.2) is 0 Å². The lowest BCUT2D eigenvalue weighted by molar-refractivity contribution is -0.139. The van der Waals surface area contributed by atoms with E-state index in [2.05, 4.69) is 6.92 Å². The molecular weight excluding hydrogens is 572 g/mol. The molecule has 3 aliphatic heterocycles. The van der Waals surface area contributed by atoms with Crippen molar-refractivity contribution in [1.29, 1.82) is 0 Å². The first-order valence-electron chi connectivity index (χ1n) is 18.7. The van der Waals surface area contributed by atoms with E-state index in [-0.39, 0.29) is 48.5 Å². The molecule has 45 heavy (non-hydrogen) atoms. The average Bonchev–Trinajstić information content (AvgIpc) is 3.77. The van der Waals surface area contributed by atoms with Crippen molar-refractivity contribution >= 4 is 5.97 Å². The van der Waals surface area contributed by atoms with Crippen molar-refractivity contribution in [2.45, 2.75) is 210 Å². The second-order valence-electron chi connectivity index (χ2n) is 14.3. The number of carbonyl (C=O) groups is 1. The fourth-order valence-corrected chi connectivity index (χ4v) is 7.21. The van der Waals surface area contributed by atoms with E-state index in [1.54, 1.807) is 13.0 Å². The topological polar surface area (TPSA) is 126 Å². The molecule has 0 saturated carbocycles. The molecule has 0 radical (unpaired) electrons. The molecule has 0 spiro atoms. The van der Waals surface area contributed by atoms with Crippen molar-refractivity contribution in [3.8, 4) is 0 Å². The van der Waals surface area contributed by atoms with E-state index in [4.69, 9.17) is 14.2 Å². The van der Waals surface area contributed by atoms with E-state index in [1.807, 2.05) is 0 Å². The standard InChI is InChI=1S/C37H66O8/c1-3-4-5-6-7-8-9-13-19-31(40)33-21-23-35(44-33)36-24-22-34(45-36)32(41)20-15-14-17-28(38)16-11-10-12-18-29(39)26-30-25-27(2)37(42)43-30/h25,27-29,31-36,38-41H,3-24,26H2,1-2H3/t27-,28+,29+,31-,32+,33+,34+,35-,36-/m0/s1. The highest BCUT2D eigenvalue weighted by molar-refractivity contribution is 5.77. The molecule has 4 N–H and O–H groups in total. The lowest BCUT2D eigenvalue weighted by atomic mass is 9.99. The summed E-state index contributed by atoms with van der Waals surface area (Å²) in [6.45, 7) is 4.04. The predicted molar refractivity (Wildman–Crippen MR) is 177 cm³/mol. The van der Waals surface area contributed by atoms with Crippen molar-refractivity contribution < 1.29 is 39.4 Å². The van der Waals surface area contributed by atoms with Crippen LogP contribution in [0.5, 0.6) is 0 Å². The minimum absolute atomic E-state index is 0.00827. The Balaban J connectivity index is 1.15. The molecule has 0 aromatic heterocycles. The van der Waals surface area contributed by atoms with Crippen molar-refractivity contribution in [2.75, 3.05) is 0 Å². The molecule has 8 nitrogen and oxygen atoms in total. The van der Waals surface area contributed by atoms with E-state index < -0.39 is 12.2 Å². The molecule has 0 unspecified atom stereocenters. The molecule has 0 aliphatic carbocycles. The maximum absolute atomic E-state index is 11.4. The van der Waals surface area contributed by atoms with E-state index in [1.165, 1.54) is 44.9 Å². The van der Waals surface area contributed by atoms with E-state index in [9.17, 15) is 25.2 Å². The molecular formula is C37H66O8. The summed E-state index contributed by atoms with van der Waals surface area (Å²) in [6, 6.07) is 0. The zero-order chi connectivity index (χ0) is 32.4. The van der Waals surface area contributed by atoms with Gasteiger partial charge in [-0.15, -0.1) is 0 Å². The number of rotatable bonds is 25. The first kappa shape index (κ1) is 38.4. The number of carbonyl (C=O) groups excluding carboxylic acids is 1. The van der Waals surface area contributed by atoms with Crippen LogP contribution in [0.2, 0.25) is 0 Å². The summed E-state index contributed by atoms with van der Waals surface area (Å²) < 4.78 is 17.7. The highest BCUT2D eigenvalue weighted by atomic mass is 16.6. The van der Waals surface area contributed by atoms with Crippen molar-refractivity contribution in [1.82, 2.24) is 0 Å². The second-order valence-corrected chi connectivity index (χ2v) is 14.3. The van der Waals surface area contributed by atoms with Gasteiger partial charge in [0.25, 0.3) is 0 Å². The SMILES string of the molecule is CCCCCCCCCC[C@H](O)[C@H]1CC[C@@H]([C@@H]2CC[C@H]([C@H](O)CCCC[C@H](O)CCCCC[C@@H](O)CC3=C[C@H](C)C(=O)O3)O2)O1. The van der Waals surface area contributed by atoms with Gasteiger partial charge in [0.05, 0.1) is 54.7 Å². The van der Waals surface area contributed by atoms with Gasteiger partial charge < -0.3 is 34.6 Å². The fourth-order valence-electron chi connectivity index (χ4n) is 7.21. The summed E-state index contributed by atoms with van der Waals surface area (Å²) in [5.41, 5.74) is 0. The van der Waals surface area contributed by atoms with Crippen LogP contribution < -0.4 is 0 Å². The maximum atomic E-state index is 11.4. The molecule has 2 saturated heterocycles. The first-order valence-corrected chi connectivity index (χ1v) is 18.7. The first-order chi connectivity index (χ1) is 21.8. The Hall–Kier alpha value is -1.03. The largest absolute Gasteiger partial charge is 0.431 e. The van der Waals surface area contributed by atoms with E-state index >= 15 is 0 Å². The van der Waals surface area contributed by atoms with Gasteiger partial charge in [0, 0.05) is 6.42 Å². The van der Waals surface area contributed by atoms with Gasteiger partial charge in [-0.2, -0.15) is 0 Å². The quantitative estimate of drug-likeness (QED) is 0.0620. The summed E-state index contributed by atoms with van der Waals surface area (Å²) in [4.78, 5) is 11.4. The monoisotopic (exact) mass is 638 g/mol. The van der Waals surface area contributed by atoms with Crippen LogP contribution in [0.4, 0.5) is 0 Å². The zero-order valence-electron chi connectivity index (χ0n) is 28.5. The van der Waals surface area contributed by atoms with Crippen LogP contribution in [-0.4, -0.2) is 75.2 Å². The molecule has 8 heteroatoms. The highest BCUT2D eigenvalue weighted by Gasteiger charge is 2.40. The van der Waals surface area contributed by atoms with Crippen LogP contribution in [-0.2, 0) is 19.0 Å². The third kappa shape index (κ3) is 14.7. The molecule has 0 aromatic rings. The van der Waals surface area contributed by atoms with Gasteiger partial charge >= 0.3 is 5.97 Å². The molecule has 3 heterocycles. The van der Waals surface area contributed by atoms with E-state index in [0.29, 0.717) is 25.0 Å². The highest BCUT2D eigenvalue weighted by Crippen LogP contribution is 2.34. The number of hydrogen-bond acceptors (Lipinski definition) is 8. The number of cyclic esters (lactones) is 1. The number of hydrogen-bond donors (Lipinski definition) is 4. The minimum Gasteiger partial charge on any atom is -0.431 e. The summed E-state index contributed by atoms with van der Waals surface area (Å²) >= 11 is 0. The van der Waals surface area contributed by atoms with Gasteiger partial charge in [-0.05, 0) is 70.8 Å². The number of ether oxygens (including phenoxy) is 3. The van der Waals surface area contributed by atoms with E-state index in [0.717, 1.165) is 83.5 Å². The van der Waals surface area contributed by atoms with Gasteiger partial charge in [-0.25, -0.2) is 0 Å². The number of aliphatic hydroxyl groups is 4. The van der Waals surface area contributed by atoms with Crippen LogP contribution in [0.1, 0.15) is 162 Å². The Morgan fingerprint density at radius 2 is 1.09 bits per heavy atom. The van der Waals surface area contributed by atoms with Crippen molar-refractivity contribution in [3.05, 3.63) is 11.8 Å². The Bertz CT molecular complexity index is 833. The lowest BCUT2D eigenvalue weighted by Crippen LogP contribution is -2.33. The summed E-state index contributed by atoms with van der Waals surface area (Å²) in [6.07, 6.45) is 22.1. The van der Waals surface area contributed by atoms with Crippen molar-refractivity contribution in [3.63, 3.8) is 0 Å². The predicted octanol–water partition coefficient (Wildman–Crippen LogP) is 7.03. The normalized spacial score (nSPS) is 27.8. The smallest absolute Gasteiger partial charge is 0.317 e. The molecule has 3 rings (SSSR count). The maximum Gasteiger partial charge on any atom is 0.317 e. The number of esters is 1. The minimum atomic E-state index is -0.505.